The van der Waals surface area contributed by atoms with Gasteiger partial charge >= 0.3 is 6.61 Å². The van der Waals surface area contributed by atoms with E-state index in [1.54, 1.807) is 6.92 Å². The van der Waals surface area contributed by atoms with E-state index in [1.165, 1.54) is 18.2 Å². The Balaban J connectivity index is 2.16. The number of carbonyl (C=O) groups excluding carboxylic acids is 1. The predicted octanol–water partition coefficient (Wildman–Crippen LogP) is 4.10. The molecular formula is C12H9Br2F2N3O2. The number of aryl methyl sites for hydroxylation is 1. The lowest BCUT2D eigenvalue weighted by atomic mass is 10.2. The lowest BCUT2D eigenvalue weighted by Crippen LogP contribution is -2.14. The molecule has 2 aromatic rings. The highest BCUT2D eigenvalue weighted by atomic mass is 79.9. The molecule has 0 atom stereocenters. The zero-order chi connectivity index (χ0) is 15.6. The van der Waals surface area contributed by atoms with Crippen LogP contribution in [0.15, 0.2) is 27.3 Å². The van der Waals surface area contributed by atoms with Crippen molar-refractivity contribution in [3.05, 3.63) is 38.5 Å². The van der Waals surface area contributed by atoms with Crippen molar-refractivity contribution in [1.29, 1.82) is 0 Å². The summed E-state index contributed by atoms with van der Waals surface area (Å²) in [5, 5.41) is 9.09. The number of alkyl halides is 2. The zero-order valence-electron chi connectivity index (χ0n) is 10.6. The standard InChI is InChI=1S/C12H9Br2F2N3O2/c1-5-4-6(21-12(15)16)2-3-7(5)17-11(20)9-8(13)10(14)19-18-9/h2-4,12H,1H3,(H,17,20)(H,18,19). The van der Waals surface area contributed by atoms with Crippen molar-refractivity contribution in [2.24, 2.45) is 0 Å². The Morgan fingerprint density at radius 1 is 1.43 bits per heavy atom. The average Bonchev–Trinajstić information content (AvgIpc) is 2.72. The molecule has 1 amide bonds. The SMILES string of the molecule is Cc1cc(OC(F)F)ccc1NC(=O)c1n[nH]c(Br)c1Br. The Labute approximate surface area is 135 Å². The van der Waals surface area contributed by atoms with Gasteiger partial charge in [0.15, 0.2) is 5.69 Å². The van der Waals surface area contributed by atoms with Gasteiger partial charge in [-0.15, -0.1) is 0 Å². The summed E-state index contributed by atoms with van der Waals surface area (Å²) < 4.78 is 29.6. The molecule has 1 aromatic heterocycles. The van der Waals surface area contributed by atoms with E-state index >= 15 is 0 Å². The van der Waals surface area contributed by atoms with E-state index < -0.39 is 12.5 Å². The zero-order valence-corrected chi connectivity index (χ0v) is 13.8. The number of rotatable bonds is 4. The molecule has 0 unspecified atom stereocenters. The van der Waals surface area contributed by atoms with Gasteiger partial charge in [0, 0.05) is 5.69 Å². The summed E-state index contributed by atoms with van der Waals surface area (Å²) in [6, 6.07) is 4.25. The van der Waals surface area contributed by atoms with Crippen LogP contribution in [-0.4, -0.2) is 22.7 Å². The van der Waals surface area contributed by atoms with Crippen molar-refractivity contribution in [3.8, 4) is 5.75 Å². The average molecular weight is 425 g/mol. The molecule has 2 rings (SSSR count). The number of hydrogen-bond donors (Lipinski definition) is 2. The number of benzene rings is 1. The van der Waals surface area contributed by atoms with Crippen molar-refractivity contribution < 1.29 is 18.3 Å². The molecule has 112 valence electrons. The maximum atomic E-state index is 12.1. The first-order valence-electron chi connectivity index (χ1n) is 5.64. The highest BCUT2D eigenvalue weighted by molar-refractivity contribution is 9.13. The van der Waals surface area contributed by atoms with Crippen molar-refractivity contribution in [2.75, 3.05) is 5.32 Å². The van der Waals surface area contributed by atoms with Gasteiger partial charge in [-0.3, -0.25) is 9.89 Å². The smallest absolute Gasteiger partial charge is 0.387 e. The molecule has 0 spiro atoms. The minimum atomic E-state index is -2.89. The van der Waals surface area contributed by atoms with Crippen molar-refractivity contribution >= 4 is 43.5 Å². The largest absolute Gasteiger partial charge is 0.435 e. The Bertz CT molecular complexity index is 677. The van der Waals surface area contributed by atoms with Gasteiger partial charge in [0.1, 0.15) is 10.4 Å². The van der Waals surface area contributed by atoms with Crippen LogP contribution < -0.4 is 10.1 Å². The van der Waals surface area contributed by atoms with Crippen molar-refractivity contribution in [1.82, 2.24) is 10.2 Å². The van der Waals surface area contributed by atoms with Gasteiger partial charge in [-0.2, -0.15) is 13.9 Å². The summed E-state index contributed by atoms with van der Waals surface area (Å²) >= 11 is 6.40. The molecule has 1 aromatic carbocycles. The number of halogens is 4. The highest BCUT2D eigenvalue weighted by Crippen LogP contribution is 2.26. The first-order chi connectivity index (χ1) is 9.88. The molecule has 0 aliphatic rings. The molecule has 21 heavy (non-hydrogen) atoms. The molecule has 0 bridgehead atoms. The number of nitrogens with one attached hydrogen (secondary N) is 2. The fourth-order valence-corrected chi connectivity index (χ4v) is 2.23. The van der Waals surface area contributed by atoms with Crippen LogP contribution in [0.3, 0.4) is 0 Å². The second kappa shape index (κ2) is 6.52. The Hall–Kier alpha value is -1.48. The Morgan fingerprint density at radius 3 is 2.67 bits per heavy atom. The first-order valence-corrected chi connectivity index (χ1v) is 7.23. The van der Waals surface area contributed by atoms with E-state index in [-0.39, 0.29) is 11.4 Å². The summed E-state index contributed by atoms with van der Waals surface area (Å²) in [5.74, 6) is -0.404. The maximum absolute atomic E-state index is 12.1. The number of amides is 1. The molecule has 5 nitrogen and oxygen atoms in total. The van der Waals surface area contributed by atoms with Crippen LogP contribution in [0.4, 0.5) is 14.5 Å². The fourth-order valence-electron chi connectivity index (χ4n) is 1.59. The lowest BCUT2D eigenvalue weighted by Gasteiger charge is -2.10. The molecule has 0 radical (unpaired) electrons. The van der Waals surface area contributed by atoms with Gasteiger partial charge in [0.05, 0.1) is 4.47 Å². The van der Waals surface area contributed by atoms with E-state index in [0.29, 0.717) is 20.3 Å². The highest BCUT2D eigenvalue weighted by Gasteiger charge is 2.17. The topological polar surface area (TPSA) is 67.0 Å². The summed E-state index contributed by atoms with van der Waals surface area (Å²) in [5.41, 5.74) is 1.24. The molecule has 1 heterocycles. The van der Waals surface area contributed by atoms with Crippen LogP contribution in [0.2, 0.25) is 0 Å². The van der Waals surface area contributed by atoms with E-state index in [1.807, 2.05) is 0 Å². The second-order valence-corrected chi connectivity index (χ2v) is 5.60. The number of nitrogens with zero attached hydrogens (tertiary/aromatic N) is 1. The monoisotopic (exact) mass is 423 g/mol. The number of hydrogen-bond acceptors (Lipinski definition) is 3. The van der Waals surface area contributed by atoms with E-state index in [0.717, 1.165) is 0 Å². The van der Waals surface area contributed by atoms with Gasteiger partial charge in [-0.05, 0) is 62.5 Å². The number of aromatic nitrogens is 2. The molecule has 0 aliphatic heterocycles. The molecule has 0 fully saturated rings. The third-order valence-corrected chi connectivity index (χ3v) is 4.43. The Morgan fingerprint density at radius 2 is 2.14 bits per heavy atom. The van der Waals surface area contributed by atoms with Crippen LogP contribution in [-0.2, 0) is 0 Å². The molecular weight excluding hydrogens is 416 g/mol. The summed E-state index contributed by atoms with van der Waals surface area (Å²) in [6.07, 6.45) is 0. The second-order valence-electron chi connectivity index (χ2n) is 4.01. The maximum Gasteiger partial charge on any atom is 0.387 e. The third-order valence-electron chi connectivity index (χ3n) is 2.55. The summed E-state index contributed by atoms with van der Waals surface area (Å²) in [6.45, 7) is -1.22. The Kier molecular flexibility index (Phi) is 4.94. The van der Waals surface area contributed by atoms with Crippen LogP contribution in [0, 0.1) is 6.92 Å². The van der Waals surface area contributed by atoms with Crippen LogP contribution in [0.25, 0.3) is 0 Å². The molecule has 2 N–H and O–H groups in total. The quantitative estimate of drug-likeness (QED) is 0.776. The number of anilines is 1. The van der Waals surface area contributed by atoms with Gasteiger partial charge in [0.2, 0.25) is 0 Å². The summed E-state index contributed by atoms with van der Waals surface area (Å²) in [7, 11) is 0. The van der Waals surface area contributed by atoms with Crippen molar-refractivity contribution in [2.45, 2.75) is 13.5 Å². The van der Waals surface area contributed by atoms with Gasteiger partial charge in [-0.1, -0.05) is 0 Å². The van der Waals surface area contributed by atoms with Gasteiger partial charge < -0.3 is 10.1 Å². The third kappa shape index (κ3) is 3.79. The normalized spacial score (nSPS) is 10.8. The number of ether oxygens (including phenoxy) is 1. The molecule has 9 heteroatoms. The van der Waals surface area contributed by atoms with Gasteiger partial charge in [-0.25, -0.2) is 0 Å². The molecule has 0 saturated carbocycles. The van der Waals surface area contributed by atoms with Gasteiger partial charge in [0.25, 0.3) is 5.91 Å². The van der Waals surface area contributed by atoms with E-state index in [2.05, 4.69) is 52.1 Å². The van der Waals surface area contributed by atoms with Crippen LogP contribution >= 0.6 is 31.9 Å². The lowest BCUT2D eigenvalue weighted by molar-refractivity contribution is -0.0498. The molecule has 0 aliphatic carbocycles. The van der Waals surface area contributed by atoms with E-state index in [9.17, 15) is 13.6 Å². The summed E-state index contributed by atoms with van der Waals surface area (Å²) in [4.78, 5) is 12.1. The van der Waals surface area contributed by atoms with Crippen LogP contribution in [0.5, 0.6) is 5.75 Å². The fraction of sp³-hybridized carbons (Fsp3) is 0.167. The minimum absolute atomic E-state index is 0.0317. The number of carbonyl (C=O) groups is 1. The minimum Gasteiger partial charge on any atom is -0.435 e. The van der Waals surface area contributed by atoms with Crippen molar-refractivity contribution in [3.63, 3.8) is 0 Å². The van der Waals surface area contributed by atoms with E-state index in [4.69, 9.17) is 0 Å². The van der Waals surface area contributed by atoms with Crippen LogP contribution in [0.1, 0.15) is 16.1 Å². The first kappa shape index (κ1) is 15.9. The molecule has 0 saturated heterocycles. The number of aromatic amines is 1. The predicted molar refractivity (Wildman–Crippen MR) is 79.8 cm³/mol. The number of H-pyrrole nitrogens is 1.